The number of rotatable bonds is 15. The summed E-state index contributed by atoms with van der Waals surface area (Å²) in [5.74, 6) is -0.413. The van der Waals surface area contributed by atoms with Crippen LogP contribution in [-0.2, 0) is 27.4 Å². The van der Waals surface area contributed by atoms with Crippen molar-refractivity contribution in [2.45, 2.75) is 97.6 Å². The summed E-state index contributed by atoms with van der Waals surface area (Å²) in [6.07, 6.45) is 0.561. The molecule has 41 heavy (non-hydrogen) atoms. The number of nitrogens with one attached hydrogen (secondary N) is 3. The van der Waals surface area contributed by atoms with Crippen molar-refractivity contribution in [3.63, 3.8) is 0 Å². The van der Waals surface area contributed by atoms with Crippen molar-refractivity contribution in [3.05, 3.63) is 65.7 Å². The third-order valence-electron chi connectivity index (χ3n) is 6.39. The molecule has 0 heterocycles. The molecule has 0 aliphatic heterocycles. The lowest BCUT2D eigenvalue weighted by Gasteiger charge is -2.28. The molecule has 0 aliphatic carbocycles. The highest BCUT2D eigenvalue weighted by atomic mass is 16.6. The van der Waals surface area contributed by atoms with Crippen molar-refractivity contribution < 1.29 is 29.0 Å². The second-order valence-electron chi connectivity index (χ2n) is 11.5. The average molecular weight is 570 g/mol. The number of aliphatic hydroxyl groups is 1. The lowest BCUT2D eigenvalue weighted by Crippen LogP contribution is -2.53. The molecule has 2 aromatic carbocycles. The molecule has 9 nitrogen and oxygen atoms in total. The van der Waals surface area contributed by atoms with E-state index in [2.05, 4.69) is 16.0 Å². The Morgan fingerprint density at radius 3 is 2.27 bits per heavy atom. The summed E-state index contributed by atoms with van der Waals surface area (Å²) < 4.78 is 11.2. The highest BCUT2D eigenvalue weighted by Crippen LogP contribution is 2.19. The number of alkyl carbamates (subject to hydrolysis) is 1. The van der Waals surface area contributed by atoms with Gasteiger partial charge in [-0.15, -0.1) is 0 Å². The van der Waals surface area contributed by atoms with E-state index >= 15 is 0 Å². The predicted octanol–water partition coefficient (Wildman–Crippen LogP) is 4.51. The van der Waals surface area contributed by atoms with Crippen LogP contribution in [0, 0.1) is 5.92 Å². The molecule has 0 aliphatic rings. The van der Waals surface area contributed by atoms with E-state index in [9.17, 15) is 19.5 Å². The Morgan fingerprint density at radius 1 is 0.927 bits per heavy atom. The van der Waals surface area contributed by atoms with E-state index < -0.39 is 41.7 Å². The van der Waals surface area contributed by atoms with Crippen LogP contribution >= 0.6 is 0 Å². The summed E-state index contributed by atoms with van der Waals surface area (Å²) in [6.45, 7) is 11.6. The fourth-order valence-electron chi connectivity index (χ4n) is 4.09. The normalized spacial score (nSPS) is 14.2. The average Bonchev–Trinajstić information content (AvgIpc) is 2.91. The van der Waals surface area contributed by atoms with Crippen molar-refractivity contribution in [2.24, 2.45) is 5.92 Å². The Balaban J connectivity index is 2.13. The molecule has 4 N–H and O–H groups in total. The Bertz CT molecular complexity index is 1100. The van der Waals surface area contributed by atoms with E-state index in [-0.39, 0.29) is 12.3 Å². The number of aliphatic hydroxyl groups excluding tert-OH is 1. The number of carbonyl (C=O) groups is 3. The Morgan fingerprint density at radius 2 is 1.61 bits per heavy atom. The number of carbonyl (C=O) groups excluding carboxylic acids is 3. The zero-order valence-corrected chi connectivity index (χ0v) is 25.2. The topological polar surface area (TPSA) is 126 Å². The molecule has 2 rings (SSSR count). The van der Waals surface area contributed by atoms with Crippen LogP contribution in [0.5, 0.6) is 5.75 Å². The van der Waals surface area contributed by atoms with E-state index in [1.807, 2.05) is 61.5 Å². The Hall–Kier alpha value is -3.59. The van der Waals surface area contributed by atoms with Gasteiger partial charge in [-0.3, -0.25) is 9.59 Å². The number of ether oxygens (including phenoxy) is 2. The fraction of sp³-hybridized carbons (Fsp3) is 0.531. The third kappa shape index (κ3) is 13.1. The van der Waals surface area contributed by atoms with Crippen molar-refractivity contribution in [2.75, 3.05) is 6.54 Å². The summed E-state index contributed by atoms with van der Waals surface area (Å²) >= 11 is 0. The second-order valence-corrected chi connectivity index (χ2v) is 11.5. The van der Waals surface area contributed by atoms with Gasteiger partial charge in [0.1, 0.15) is 24.0 Å². The number of hydrogen-bond acceptors (Lipinski definition) is 6. The SMILES string of the molecule is CCCCNC(=O)[C@H](C)C[C@H](O)[C@H](Cc1cccc(OCc2ccccc2)c1)NC(=O)[C@H](C)NC(=O)OC(C)(C)C. The van der Waals surface area contributed by atoms with Crippen LogP contribution in [0.1, 0.15) is 71.9 Å². The highest BCUT2D eigenvalue weighted by Gasteiger charge is 2.29. The van der Waals surface area contributed by atoms with Crippen molar-refractivity contribution >= 4 is 17.9 Å². The first kappa shape index (κ1) is 33.6. The molecule has 2 aromatic rings. The maximum atomic E-state index is 13.1. The smallest absolute Gasteiger partial charge is 0.408 e. The van der Waals surface area contributed by atoms with E-state index in [0.29, 0.717) is 25.3 Å². The maximum Gasteiger partial charge on any atom is 0.408 e. The summed E-state index contributed by atoms with van der Waals surface area (Å²) in [4.78, 5) is 37.8. The molecular formula is C32H47N3O6. The van der Waals surface area contributed by atoms with Gasteiger partial charge in [0, 0.05) is 12.5 Å². The molecule has 3 amide bonds. The summed E-state index contributed by atoms with van der Waals surface area (Å²) in [5, 5.41) is 19.5. The molecule has 0 bridgehead atoms. The maximum absolute atomic E-state index is 13.1. The molecule has 9 heteroatoms. The standard InChI is InChI=1S/C32H47N3O6/c1-7-8-17-33-29(37)22(2)18-28(36)27(35-30(38)23(3)34-31(39)41-32(4,5)6)20-25-15-12-16-26(19-25)40-21-24-13-10-9-11-14-24/h9-16,19,22-23,27-28,36H,7-8,17-18,20-21H2,1-6H3,(H,33,37)(H,34,39)(H,35,38)/t22-,23+,27+,28+/m1/s1. The first-order chi connectivity index (χ1) is 19.4. The summed E-state index contributed by atoms with van der Waals surface area (Å²) in [7, 11) is 0. The lowest BCUT2D eigenvalue weighted by molar-refractivity contribution is -0.126. The molecule has 4 atom stereocenters. The van der Waals surface area contributed by atoms with Gasteiger partial charge in [0.15, 0.2) is 0 Å². The zero-order chi connectivity index (χ0) is 30.4. The van der Waals surface area contributed by atoms with Gasteiger partial charge in [0.05, 0.1) is 12.1 Å². The van der Waals surface area contributed by atoms with Crippen molar-refractivity contribution in [3.8, 4) is 5.75 Å². The minimum atomic E-state index is -1.02. The van der Waals surface area contributed by atoms with Gasteiger partial charge in [-0.2, -0.15) is 0 Å². The number of amides is 3. The molecule has 0 unspecified atom stereocenters. The largest absolute Gasteiger partial charge is 0.489 e. The van der Waals surface area contributed by atoms with Crippen molar-refractivity contribution in [1.29, 1.82) is 0 Å². The highest BCUT2D eigenvalue weighted by molar-refractivity contribution is 5.85. The van der Waals surface area contributed by atoms with E-state index in [4.69, 9.17) is 9.47 Å². The van der Waals surface area contributed by atoms with Gasteiger partial charge < -0.3 is 30.5 Å². The number of hydrogen-bond donors (Lipinski definition) is 4. The van der Waals surface area contributed by atoms with E-state index in [0.717, 1.165) is 24.0 Å². The quantitative estimate of drug-likeness (QED) is 0.234. The molecule has 0 aromatic heterocycles. The molecule has 0 saturated carbocycles. The molecule has 226 valence electrons. The lowest BCUT2D eigenvalue weighted by atomic mass is 9.93. The van der Waals surface area contributed by atoms with Gasteiger partial charge in [0.2, 0.25) is 11.8 Å². The Kier molecular flexibility index (Phi) is 13.6. The van der Waals surface area contributed by atoms with Crippen LogP contribution in [0.25, 0.3) is 0 Å². The first-order valence-electron chi connectivity index (χ1n) is 14.4. The van der Waals surface area contributed by atoms with Crippen LogP contribution in [0.15, 0.2) is 54.6 Å². The molecule has 0 saturated heterocycles. The zero-order valence-electron chi connectivity index (χ0n) is 25.2. The fourth-order valence-corrected chi connectivity index (χ4v) is 4.09. The molecule has 0 radical (unpaired) electrons. The number of benzene rings is 2. The van der Waals surface area contributed by atoms with E-state index in [1.165, 1.54) is 0 Å². The van der Waals surface area contributed by atoms with Gasteiger partial charge in [-0.05, 0) is 70.2 Å². The van der Waals surface area contributed by atoms with Crippen LogP contribution in [0.3, 0.4) is 0 Å². The Labute approximate surface area is 244 Å². The van der Waals surface area contributed by atoms with Crippen molar-refractivity contribution in [1.82, 2.24) is 16.0 Å². The number of unbranched alkanes of at least 4 members (excludes halogenated alkanes) is 1. The molecule has 0 fully saturated rings. The summed E-state index contributed by atoms with van der Waals surface area (Å²) in [6, 6.07) is 15.7. The minimum absolute atomic E-state index is 0.140. The summed E-state index contributed by atoms with van der Waals surface area (Å²) in [5.41, 5.74) is 1.17. The van der Waals surface area contributed by atoms with Crippen LogP contribution < -0.4 is 20.7 Å². The second kappa shape index (κ2) is 16.6. The minimum Gasteiger partial charge on any atom is -0.489 e. The van der Waals surface area contributed by atoms with E-state index in [1.54, 1.807) is 34.6 Å². The van der Waals surface area contributed by atoms with Gasteiger partial charge >= 0.3 is 6.09 Å². The molecular weight excluding hydrogens is 522 g/mol. The third-order valence-corrected chi connectivity index (χ3v) is 6.39. The van der Waals surface area contributed by atoms with Gasteiger partial charge in [0.25, 0.3) is 0 Å². The van der Waals surface area contributed by atoms with Crippen LogP contribution in [0.4, 0.5) is 4.79 Å². The van der Waals surface area contributed by atoms with Crippen LogP contribution in [0.2, 0.25) is 0 Å². The predicted molar refractivity (Wildman–Crippen MR) is 159 cm³/mol. The van der Waals surface area contributed by atoms with Gasteiger partial charge in [-0.25, -0.2) is 4.79 Å². The van der Waals surface area contributed by atoms with Gasteiger partial charge in [-0.1, -0.05) is 62.7 Å². The molecule has 0 spiro atoms. The van der Waals surface area contributed by atoms with Crippen LogP contribution in [-0.4, -0.2) is 53.3 Å². The monoisotopic (exact) mass is 569 g/mol. The first-order valence-corrected chi connectivity index (χ1v) is 14.4.